The first kappa shape index (κ1) is 12.0. The number of carbonyl (C=O) groups excluding carboxylic acids is 1. The number of hydrogen-bond acceptors (Lipinski definition) is 5. The van der Waals surface area contributed by atoms with E-state index >= 15 is 0 Å². The van der Waals surface area contributed by atoms with Crippen LogP contribution in [0.1, 0.15) is 31.0 Å². The lowest BCUT2D eigenvalue weighted by molar-refractivity contribution is -0.132. The van der Waals surface area contributed by atoms with Crippen molar-refractivity contribution in [3.05, 3.63) is 11.7 Å². The van der Waals surface area contributed by atoms with Gasteiger partial charge in [-0.05, 0) is 19.8 Å². The number of aromatic nitrogens is 2. The van der Waals surface area contributed by atoms with Crippen LogP contribution in [0.5, 0.6) is 0 Å². The van der Waals surface area contributed by atoms with Gasteiger partial charge in [-0.15, -0.1) is 0 Å². The Morgan fingerprint density at radius 1 is 1.59 bits per heavy atom. The van der Waals surface area contributed by atoms with Crippen LogP contribution in [-0.4, -0.2) is 45.2 Å². The van der Waals surface area contributed by atoms with Gasteiger partial charge in [-0.2, -0.15) is 4.98 Å². The molecule has 1 saturated carbocycles. The molecule has 0 atom stereocenters. The number of nitrogens with zero attached hydrogens (tertiary/aromatic N) is 3. The van der Waals surface area contributed by atoms with Crippen LogP contribution in [0.3, 0.4) is 0 Å². The summed E-state index contributed by atoms with van der Waals surface area (Å²) in [4.78, 5) is 17.7. The maximum absolute atomic E-state index is 11.9. The van der Waals surface area contributed by atoms with E-state index in [1.807, 2.05) is 0 Å². The Morgan fingerprint density at radius 2 is 2.35 bits per heavy atom. The van der Waals surface area contributed by atoms with Crippen LogP contribution in [0, 0.1) is 6.92 Å². The van der Waals surface area contributed by atoms with Crippen molar-refractivity contribution >= 4 is 5.91 Å². The molecular formula is C11H17N3O3. The molecule has 1 amide bonds. The van der Waals surface area contributed by atoms with Gasteiger partial charge in [0.15, 0.2) is 5.82 Å². The summed E-state index contributed by atoms with van der Waals surface area (Å²) in [6.45, 7) is 2.19. The summed E-state index contributed by atoms with van der Waals surface area (Å²) in [6, 6.07) is 0.332. The second kappa shape index (κ2) is 5.27. The first-order valence-electron chi connectivity index (χ1n) is 5.90. The SMILES string of the molecule is Cc1noc(CCC(=O)N(CCO)C2CC2)n1. The van der Waals surface area contributed by atoms with E-state index in [4.69, 9.17) is 9.63 Å². The zero-order valence-corrected chi connectivity index (χ0v) is 9.93. The lowest BCUT2D eigenvalue weighted by Gasteiger charge is -2.20. The Balaban J connectivity index is 1.82. The summed E-state index contributed by atoms with van der Waals surface area (Å²) in [6.07, 6.45) is 2.92. The minimum absolute atomic E-state index is 0.0158. The molecular weight excluding hydrogens is 222 g/mol. The summed E-state index contributed by atoms with van der Waals surface area (Å²) in [5, 5.41) is 12.6. The molecule has 1 aromatic rings. The number of aliphatic hydroxyl groups is 1. The normalized spacial score (nSPS) is 14.9. The topological polar surface area (TPSA) is 79.5 Å². The van der Waals surface area contributed by atoms with Crippen LogP contribution in [0.15, 0.2) is 4.52 Å². The molecule has 0 unspecified atom stereocenters. The highest BCUT2D eigenvalue weighted by Gasteiger charge is 2.31. The Labute approximate surface area is 99.6 Å². The van der Waals surface area contributed by atoms with Crippen LogP contribution >= 0.6 is 0 Å². The van der Waals surface area contributed by atoms with E-state index in [0.29, 0.717) is 37.1 Å². The monoisotopic (exact) mass is 239 g/mol. The van der Waals surface area contributed by atoms with E-state index in [-0.39, 0.29) is 12.5 Å². The average molecular weight is 239 g/mol. The van der Waals surface area contributed by atoms with Gasteiger partial charge in [0.05, 0.1) is 6.61 Å². The van der Waals surface area contributed by atoms with Crippen LogP contribution in [0.4, 0.5) is 0 Å². The van der Waals surface area contributed by atoms with E-state index < -0.39 is 0 Å². The lowest BCUT2D eigenvalue weighted by atomic mass is 10.2. The summed E-state index contributed by atoms with van der Waals surface area (Å²) in [7, 11) is 0. The third-order valence-electron chi connectivity index (χ3n) is 2.77. The molecule has 6 nitrogen and oxygen atoms in total. The van der Waals surface area contributed by atoms with E-state index in [0.717, 1.165) is 12.8 Å². The smallest absolute Gasteiger partial charge is 0.227 e. The van der Waals surface area contributed by atoms with Crippen LogP contribution in [0.25, 0.3) is 0 Å². The number of hydrogen-bond donors (Lipinski definition) is 1. The zero-order chi connectivity index (χ0) is 12.3. The van der Waals surface area contributed by atoms with E-state index in [2.05, 4.69) is 10.1 Å². The standard InChI is InChI=1S/C11H17N3O3/c1-8-12-10(17-13-8)4-5-11(16)14(6-7-15)9-2-3-9/h9,15H,2-7H2,1H3. The first-order valence-corrected chi connectivity index (χ1v) is 5.90. The van der Waals surface area contributed by atoms with Gasteiger partial charge in [0.1, 0.15) is 0 Å². The summed E-state index contributed by atoms with van der Waals surface area (Å²) < 4.78 is 4.95. The van der Waals surface area contributed by atoms with Crippen LogP contribution in [-0.2, 0) is 11.2 Å². The molecule has 1 aromatic heterocycles. The van der Waals surface area contributed by atoms with E-state index in [9.17, 15) is 4.79 Å². The minimum Gasteiger partial charge on any atom is -0.395 e. The van der Waals surface area contributed by atoms with Crippen molar-refractivity contribution in [3.63, 3.8) is 0 Å². The fraction of sp³-hybridized carbons (Fsp3) is 0.727. The maximum Gasteiger partial charge on any atom is 0.227 e. The number of amides is 1. The van der Waals surface area contributed by atoms with Gasteiger partial charge in [0.25, 0.3) is 0 Å². The Hall–Kier alpha value is -1.43. The second-order valence-corrected chi connectivity index (χ2v) is 4.28. The number of rotatable bonds is 6. The predicted molar refractivity (Wildman–Crippen MR) is 59.2 cm³/mol. The minimum atomic E-state index is 0.0158. The molecule has 1 N–H and O–H groups in total. The Bertz CT molecular complexity index is 387. The fourth-order valence-corrected chi connectivity index (χ4v) is 1.80. The molecule has 0 spiro atoms. The number of aryl methyl sites for hydroxylation is 2. The molecule has 1 heterocycles. The molecule has 0 radical (unpaired) electrons. The number of aliphatic hydroxyl groups excluding tert-OH is 1. The molecule has 1 aliphatic carbocycles. The highest BCUT2D eigenvalue weighted by atomic mass is 16.5. The zero-order valence-electron chi connectivity index (χ0n) is 9.93. The molecule has 6 heteroatoms. The fourth-order valence-electron chi connectivity index (χ4n) is 1.80. The van der Waals surface area contributed by atoms with Crippen molar-refractivity contribution in [2.24, 2.45) is 0 Å². The van der Waals surface area contributed by atoms with Crippen molar-refractivity contribution in [2.45, 2.75) is 38.6 Å². The molecule has 0 aliphatic heterocycles. The number of carbonyl (C=O) groups is 1. The highest BCUT2D eigenvalue weighted by Crippen LogP contribution is 2.27. The molecule has 2 rings (SSSR count). The van der Waals surface area contributed by atoms with Crippen molar-refractivity contribution in [1.82, 2.24) is 15.0 Å². The van der Waals surface area contributed by atoms with Crippen molar-refractivity contribution in [2.75, 3.05) is 13.2 Å². The van der Waals surface area contributed by atoms with Gasteiger partial charge >= 0.3 is 0 Å². The largest absolute Gasteiger partial charge is 0.395 e. The van der Waals surface area contributed by atoms with Gasteiger partial charge in [-0.3, -0.25) is 4.79 Å². The molecule has 1 aliphatic rings. The van der Waals surface area contributed by atoms with E-state index in [1.54, 1.807) is 11.8 Å². The van der Waals surface area contributed by atoms with Crippen molar-refractivity contribution < 1.29 is 14.4 Å². The van der Waals surface area contributed by atoms with Crippen LogP contribution in [0.2, 0.25) is 0 Å². The Kier molecular flexibility index (Phi) is 3.73. The molecule has 94 valence electrons. The average Bonchev–Trinajstić information content (AvgIpc) is 3.06. The van der Waals surface area contributed by atoms with Gasteiger partial charge in [-0.25, -0.2) is 0 Å². The first-order chi connectivity index (χ1) is 8.20. The van der Waals surface area contributed by atoms with Gasteiger partial charge in [0, 0.05) is 25.4 Å². The maximum atomic E-state index is 11.9. The predicted octanol–water partition coefficient (Wildman–Crippen LogP) is 0.294. The summed E-state index contributed by atoms with van der Waals surface area (Å²) >= 11 is 0. The van der Waals surface area contributed by atoms with Crippen molar-refractivity contribution in [3.8, 4) is 0 Å². The van der Waals surface area contributed by atoms with Gasteiger partial charge in [0.2, 0.25) is 11.8 Å². The molecule has 0 aromatic carbocycles. The van der Waals surface area contributed by atoms with Crippen molar-refractivity contribution in [1.29, 1.82) is 0 Å². The van der Waals surface area contributed by atoms with E-state index in [1.165, 1.54) is 0 Å². The molecule has 0 bridgehead atoms. The Morgan fingerprint density at radius 3 is 2.88 bits per heavy atom. The highest BCUT2D eigenvalue weighted by molar-refractivity contribution is 5.77. The third-order valence-corrected chi connectivity index (χ3v) is 2.77. The van der Waals surface area contributed by atoms with Gasteiger partial charge < -0.3 is 14.5 Å². The lowest BCUT2D eigenvalue weighted by Crippen LogP contribution is -2.35. The summed E-state index contributed by atoms with van der Waals surface area (Å²) in [5.74, 6) is 1.13. The quantitative estimate of drug-likeness (QED) is 0.772. The molecule has 0 saturated heterocycles. The molecule has 1 fully saturated rings. The van der Waals surface area contributed by atoms with Crippen LogP contribution < -0.4 is 0 Å². The van der Waals surface area contributed by atoms with Gasteiger partial charge in [-0.1, -0.05) is 5.16 Å². The molecule has 17 heavy (non-hydrogen) atoms. The third kappa shape index (κ3) is 3.26. The summed E-state index contributed by atoms with van der Waals surface area (Å²) in [5.41, 5.74) is 0. The second-order valence-electron chi connectivity index (χ2n) is 4.28.